The minimum absolute atomic E-state index is 0.142. The fourth-order valence-electron chi connectivity index (χ4n) is 3.40. The quantitative estimate of drug-likeness (QED) is 0.496. The number of allylic oxidation sites excluding steroid dienone is 1. The zero-order valence-corrected chi connectivity index (χ0v) is 17.1. The molecule has 30 heavy (non-hydrogen) atoms. The van der Waals surface area contributed by atoms with Crippen LogP contribution in [0, 0.1) is 6.92 Å². The Morgan fingerprint density at radius 3 is 2.60 bits per heavy atom. The van der Waals surface area contributed by atoms with Crippen molar-refractivity contribution >= 4 is 34.8 Å². The maximum atomic E-state index is 12.4. The van der Waals surface area contributed by atoms with Gasteiger partial charge in [-0.3, -0.25) is 10.1 Å². The number of carbonyl (C=O) groups excluding carboxylic acids is 1. The number of fused-ring (bicyclic) bond motifs is 1. The van der Waals surface area contributed by atoms with Crippen molar-refractivity contribution in [3.8, 4) is 0 Å². The molecular weight excluding hydrogens is 394 g/mol. The van der Waals surface area contributed by atoms with E-state index in [0.29, 0.717) is 10.8 Å². The van der Waals surface area contributed by atoms with Gasteiger partial charge in [0, 0.05) is 5.70 Å². The van der Waals surface area contributed by atoms with E-state index in [0.717, 1.165) is 16.8 Å². The summed E-state index contributed by atoms with van der Waals surface area (Å²) in [4.78, 5) is 17.6. The van der Waals surface area contributed by atoms with Crippen molar-refractivity contribution in [1.29, 1.82) is 0 Å². The average molecular weight is 414 g/mol. The maximum absolute atomic E-state index is 12.4. The molecule has 2 aromatic carbocycles. The highest BCUT2D eigenvalue weighted by atomic mass is 32.1. The van der Waals surface area contributed by atoms with E-state index in [1.54, 1.807) is 10.7 Å². The Hall–Kier alpha value is -3.71. The number of carbonyl (C=O) groups is 1. The number of thiophene rings is 1. The lowest BCUT2D eigenvalue weighted by molar-refractivity contribution is 0.102. The molecule has 7 heteroatoms. The lowest BCUT2D eigenvalue weighted by Gasteiger charge is -2.24. The third-order valence-electron chi connectivity index (χ3n) is 4.94. The monoisotopic (exact) mass is 413 g/mol. The van der Waals surface area contributed by atoms with Gasteiger partial charge < -0.3 is 5.32 Å². The highest BCUT2D eigenvalue weighted by molar-refractivity contribution is 7.12. The summed E-state index contributed by atoms with van der Waals surface area (Å²) in [5, 5.41) is 12.6. The van der Waals surface area contributed by atoms with Crippen LogP contribution in [-0.4, -0.2) is 20.7 Å². The normalized spacial score (nSPS) is 15.1. The van der Waals surface area contributed by atoms with Gasteiger partial charge in [0.25, 0.3) is 11.9 Å². The predicted molar refractivity (Wildman–Crippen MR) is 120 cm³/mol. The second-order valence-corrected chi connectivity index (χ2v) is 8.01. The molecule has 4 aromatic rings. The molecule has 148 valence electrons. The summed E-state index contributed by atoms with van der Waals surface area (Å²) < 4.78 is 1.81. The summed E-state index contributed by atoms with van der Waals surface area (Å²) in [6.45, 7) is 2.07. The SMILES string of the molecule is Cc1ccc([C@H]2C=C(c3ccccc3)Nc3nc(NC(=O)c4cccs4)nn32)cc1. The van der Waals surface area contributed by atoms with Crippen LogP contribution in [0.1, 0.15) is 32.4 Å². The van der Waals surface area contributed by atoms with Crippen molar-refractivity contribution in [2.45, 2.75) is 13.0 Å². The van der Waals surface area contributed by atoms with Crippen LogP contribution in [0.5, 0.6) is 0 Å². The zero-order chi connectivity index (χ0) is 20.5. The van der Waals surface area contributed by atoms with E-state index < -0.39 is 0 Å². The largest absolute Gasteiger partial charge is 0.324 e. The van der Waals surface area contributed by atoms with Crippen molar-refractivity contribution in [1.82, 2.24) is 14.8 Å². The second-order valence-electron chi connectivity index (χ2n) is 7.06. The van der Waals surface area contributed by atoms with Gasteiger partial charge in [0.1, 0.15) is 6.04 Å². The molecule has 2 N–H and O–H groups in total. The first-order chi connectivity index (χ1) is 14.7. The molecule has 5 rings (SSSR count). The summed E-state index contributed by atoms with van der Waals surface area (Å²) >= 11 is 1.38. The molecule has 1 amide bonds. The smallest absolute Gasteiger partial charge is 0.268 e. The van der Waals surface area contributed by atoms with Gasteiger partial charge in [-0.1, -0.05) is 66.2 Å². The Kier molecular flexibility index (Phi) is 4.65. The van der Waals surface area contributed by atoms with Gasteiger partial charge in [-0.05, 0) is 35.6 Å². The summed E-state index contributed by atoms with van der Waals surface area (Å²) in [5.74, 6) is 0.648. The number of anilines is 2. The summed E-state index contributed by atoms with van der Waals surface area (Å²) in [6, 6.07) is 22.0. The molecule has 0 spiro atoms. The fourth-order valence-corrected chi connectivity index (χ4v) is 4.02. The highest BCUT2D eigenvalue weighted by Crippen LogP contribution is 2.33. The number of hydrogen-bond acceptors (Lipinski definition) is 5. The van der Waals surface area contributed by atoms with E-state index in [-0.39, 0.29) is 17.9 Å². The minimum Gasteiger partial charge on any atom is -0.324 e. The molecular formula is C23H19N5OS. The molecule has 6 nitrogen and oxygen atoms in total. The number of aryl methyl sites for hydroxylation is 1. The zero-order valence-electron chi connectivity index (χ0n) is 16.2. The molecule has 0 saturated heterocycles. The first-order valence-electron chi connectivity index (χ1n) is 9.59. The third-order valence-corrected chi connectivity index (χ3v) is 5.81. The van der Waals surface area contributed by atoms with Crippen LogP contribution >= 0.6 is 11.3 Å². The van der Waals surface area contributed by atoms with Crippen LogP contribution in [0.3, 0.4) is 0 Å². The van der Waals surface area contributed by atoms with E-state index in [1.807, 2.05) is 29.6 Å². The molecule has 0 fully saturated rings. The second kappa shape index (κ2) is 7.61. The van der Waals surface area contributed by atoms with E-state index >= 15 is 0 Å². The Labute approximate surface area is 177 Å². The number of aromatic nitrogens is 3. The average Bonchev–Trinajstić information content (AvgIpc) is 3.44. The van der Waals surface area contributed by atoms with Crippen molar-refractivity contribution in [3.05, 3.63) is 99.8 Å². The molecule has 3 heterocycles. The van der Waals surface area contributed by atoms with E-state index in [2.05, 4.69) is 70.1 Å². The fraction of sp³-hybridized carbons (Fsp3) is 0.0870. The van der Waals surface area contributed by atoms with Crippen molar-refractivity contribution in [2.75, 3.05) is 10.6 Å². The van der Waals surface area contributed by atoms with Crippen LogP contribution in [0.4, 0.5) is 11.9 Å². The Morgan fingerprint density at radius 1 is 1.07 bits per heavy atom. The lowest BCUT2D eigenvalue weighted by atomic mass is 10.0. The van der Waals surface area contributed by atoms with Crippen LogP contribution < -0.4 is 10.6 Å². The predicted octanol–water partition coefficient (Wildman–Crippen LogP) is 4.96. The van der Waals surface area contributed by atoms with Gasteiger partial charge in [0.15, 0.2) is 0 Å². The molecule has 1 aliphatic rings. The van der Waals surface area contributed by atoms with Crippen molar-refractivity contribution < 1.29 is 4.79 Å². The molecule has 1 aliphatic heterocycles. The summed E-state index contributed by atoms with van der Waals surface area (Å²) in [7, 11) is 0. The van der Waals surface area contributed by atoms with Crippen molar-refractivity contribution in [2.24, 2.45) is 0 Å². The van der Waals surface area contributed by atoms with Crippen LogP contribution in [0.15, 0.2) is 78.2 Å². The minimum atomic E-state index is -0.212. The van der Waals surface area contributed by atoms with Gasteiger partial charge in [-0.15, -0.1) is 16.4 Å². The molecule has 0 bridgehead atoms. The number of nitrogens with one attached hydrogen (secondary N) is 2. The van der Waals surface area contributed by atoms with Crippen LogP contribution in [0.25, 0.3) is 5.70 Å². The van der Waals surface area contributed by atoms with Crippen LogP contribution in [-0.2, 0) is 0 Å². The Bertz CT molecular complexity index is 1210. The molecule has 0 unspecified atom stereocenters. The van der Waals surface area contributed by atoms with Gasteiger partial charge in [-0.2, -0.15) is 4.98 Å². The molecule has 2 aromatic heterocycles. The van der Waals surface area contributed by atoms with Gasteiger partial charge >= 0.3 is 0 Å². The summed E-state index contributed by atoms with van der Waals surface area (Å²) in [6.07, 6.45) is 2.13. The van der Waals surface area contributed by atoms with E-state index in [1.165, 1.54) is 16.9 Å². The van der Waals surface area contributed by atoms with E-state index in [4.69, 9.17) is 0 Å². The van der Waals surface area contributed by atoms with Gasteiger partial charge in [0.2, 0.25) is 5.95 Å². The van der Waals surface area contributed by atoms with Gasteiger partial charge in [-0.25, -0.2) is 4.68 Å². The Morgan fingerprint density at radius 2 is 1.87 bits per heavy atom. The number of rotatable bonds is 4. The standard InChI is InChI=1S/C23H19N5OS/c1-15-9-11-17(12-10-15)19-14-18(16-6-3-2-4-7-16)24-23-26-22(27-28(19)23)25-21(29)20-8-5-13-30-20/h2-14,19H,1H3,(H2,24,25,26,27,29)/t19-/m1/s1. The molecule has 0 aliphatic carbocycles. The molecule has 0 radical (unpaired) electrons. The van der Waals surface area contributed by atoms with E-state index in [9.17, 15) is 4.79 Å². The van der Waals surface area contributed by atoms with Gasteiger partial charge in [0.05, 0.1) is 4.88 Å². The van der Waals surface area contributed by atoms with Crippen molar-refractivity contribution in [3.63, 3.8) is 0 Å². The summed E-state index contributed by atoms with van der Waals surface area (Å²) in [5.41, 5.74) is 4.31. The maximum Gasteiger partial charge on any atom is 0.268 e. The first-order valence-corrected chi connectivity index (χ1v) is 10.5. The Balaban J connectivity index is 1.53. The number of amides is 1. The number of nitrogens with zero attached hydrogens (tertiary/aromatic N) is 3. The first kappa shape index (κ1) is 18.3. The molecule has 1 atom stereocenters. The third kappa shape index (κ3) is 3.51. The molecule has 0 saturated carbocycles. The topological polar surface area (TPSA) is 71.8 Å². The lowest BCUT2D eigenvalue weighted by Crippen LogP contribution is -2.20. The number of hydrogen-bond donors (Lipinski definition) is 2. The highest BCUT2D eigenvalue weighted by Gasteiger charge is 2.26. The van der Waals surface area contributed by atoms with Crippen LogP contribution in [0.2, 0.25) is 0 Å². The number of benzene rings is 2.